The van der Waals surface area contributed by atoms with Gasteiger partial charge in [0.25, 0.3) is 0 Å². The van der Waals surface area contributed by atoms with E-state index in [0.717, 1.165) is 12.1 Å². The number of hydrogen-bond acceptors (Lipinski definition) is 3. The molecule has 0 unspecified atom stereocenters. The van der Waals surface area contributed by atoms with Crippen LogP contribution < -0.4 is 16.8 Å². The van der Waals surface area contributed by atoms with Crippen molar-refractivity contribution in [1.29, 1.82) is 0 Å². The second kappa shape index (κ2) is 4.57. The van der Waals surface area contributed by atoms with Crippen LogP contribution in [0.25, 0.3) is 0 Å². The second-order valence-corrected chi connectivity index (χ2v) is 4.51. The molecule has 1 aromatic carbocycles. The van der Waals surface area contributed by atoms with Gasteiger partial charge in [-0.1, -0.05) is 0 Å². The minimum absolute atomic E-state index is 0.00161. The van der Waals surface area contributed by atoms with E-state index in [9.17, 15) is 13.6 Å². The van der Waals surface area contributed by atoms with Crippen molar-refractivity contribution in [1.82, 2.24) is 0 Å². The number of benzene rings is 1. The zero-order chi connectivity index (χ0) is 13.2. The second-order valence-electron chi connectivity index (χ2n) is 4.51. The quantitative estimate of drug-likeness (QED) is 0.703. The average Bonchev–Trinajstić information content (AvgIpc) is 2.09. The van der Waals surface area contributed by atoms with E-state index >= 15 is 0 Å². The molecule has 0 saturated carbocycles. The Kier molecular flexibility index (Phi) is 3.55. The van der Waals surface area contributed by atoms with Gasteiger partial charge in [-0.25, -0.2) is 8.78 Å². The molecule has 0 saturated heterocycles. The summed E-state index contributed by atoms with van der Waals surface area (Å²) in [6.45, 7) is 3.24. The summed E-state index contributed by atoms with van der Waals surface area (Å²) in [6.07, 6.45) is -0.0454. The van der Waals surface area contributed by atoms with Crippen molar-refractivity contribution in [3.05, 3.63) is 23.8 Å². The molecule has 17 heavy (non-hydrogen) atoms. The summed E-state index contributed by atoms with van der Waals surface area (Å²) in [7, 11) is 0. The minimum atomic E-state index is -0.844. The lowest BCUT2D eigenvalue weighted by molar-refractivity contribution is -0.118. The molecule has 1 amide bonds. The van der Waals surface area contributed by atoms with Crippen molar-refractivity contribution in [2.75, 3.05) is 11.1 Å². The number of nitrogens with two attached hydrogens (primary N) is 2. The third kappa shape index (κ3) is 3.58. The van der Waals surface area contributed by atoms with Gasteiger partial charge in [-0.3, -0.25) is 4.79 Å². The van der Waals surface area contributed by atoms with E-state index in [1.54, 1.807) is 13.8 Å². The largest absolute Gasteiger partial charge is 0.399 e. The van der Waals surface area contributed by atoms with E-state index < -0.39 is 23.1 Å². The molecular formula is C11H15F2N3O. The number of primary amides is 1. The van der Waals surface area contributed by atoms with Crippen molar-refractivity contribution >= 4 is 17.3 Å². The number of halogens is 2. The monoisotopic (exact) mass is 243 g/mol. The van der Waals surface area contributed by atoms with Gasteiger partial charge in [0, 0.05) is 17.6 Å². The molecule has 0 aliphatic carbocycles. The zero-order valence-electron chi connectivity index (χ0n) is 9.68. The summed E-state index contributed by atoms with van der Waals surface area (Å²) < 4.78 is 27.0. The van der Waals surface area contributed by atoms with E-state index in [-0.39, 0.29) is 17.8 Å². The van der Waals surface area contributed by atoms with Gasteiger partial charge in [0.1, 0.15) is 5.69 Å². The van der Waals surface area contributed by atoms with Gasteiger partial charge in [-0.2, -0.15) is 0 Å². The summed E-state index contributed by atoms with van der Waals surface area (Å²) >= 11 is 0. The Morgan fingerprint density at radius 3 is 2.24 bits per heavy atom. The van der Waals surface area contributed by atoms with Crippen LogP contribution in [0.4, 0.5) is 20.2 Å². The lowest BCUT2D eigenvalue weighted by atomic mass is 9.99. The predicted octanol–water partition coefficient (Wildman–Crippen LogP) is 1.61. The van der Waals surface area contributed by atoms with Crippen LogP contribution in [0.1, 0.15) is 20.3 Å². The number of carbonyl (C=O) groups excluding carboxylic acids is 1. The van der Waals surface area contributed by atoms with Crippen LogP contribution in [0.3, 0.4) is 0 Å². The van der Waals surface area contributed by atoms with E-state index in [4.69, 9.17) is 11.5 Å². The molecule has 5 N–H and O–H groups in total. The number of nitrogens with one attached hydrogen (secondary N) is 1. The van der Waals surface area contributed by atoms with E-state index in [1.165, 1.54) is 0 Å². The zero-order valence-corrected chi connectivity index (χ0v) is 9.68. The standard InChI is InChI=1S/C11H15F2N3O/c1-11(2,5-9(15)17)16-10-7(12)3-6(14)4-8(10)13/h3-4,16H,5,14H2,1-2H3,(H2,15,17). The molecule has 1 rings (SSSR count). The van der Waals surface area contributed by atoms with Gasteiger partial charge in [0.15, 0.2) is 11.6 Å². The maximum atomic E-state index is 13.5. The fourth-order valence-electron chi connectivity index (χ4n) is 1.53. The summed E-state index contributed by atoms with van der Waals surface area (Å²) in [5.74, 6) is -2.17. The van der Waals surface area contributed by atoms with Gasteiger partial charge >= 0.3 is 0 Å². The number of amides is 1. The Bertz CT molecular complexity index is 423. The van der Waals surface area contributed by atoms with Gasteiger partial charge in [-0.15, -0.1) is 0 Å². The first kappa shape index (κ1) is 13.2. The molecule has 0 aromatic heterocycles. The van der Waals surface area contributed by atoms with Crippen molar-refractivity contribution in [2.45, 2.75) is 25.8 Å². The van der Waals surface area contributed by atoms with Gasteiger partial charge in [0.05, 0.1) is 0 Å². The highest BCUT2D eigenvalue weighted by Crippen LogP contribution is 2.26. The van der Waals surface area contributed by atoms with Crippen LogP contribution in [-0.2, 0) is 4.79 Å². The maximum absolute atomic E-state index is 13.5. The summed E-state index contributed by atoms with van der Waals surface area (Å²) in [5, 5.41) is 2.61. The Morgan fingerprint density at radius 1 is 1.35 bits per heavy atom. The number of carbonyl (C=O) groups is 1. The normalized spacial score (nSPS) is 11.3. The highest BCUT2D eigenvalue weighted by molar-refractivity contribution is 5.75. The molecule has 0 spiro atoms. The van der Waals surface area contributed by atoms with Gasteiger partial charge < -0.3 is 16.8 Å². The van der Waals surface area contributed by atoms with E-state index in [0.29, 0.717) is 0 Å². The lowest BCUT2D eigenvalue weighted by Gasteiger charge is -2.26. The number of anilines is 2. The molecular weight excluding hydrogens is 228 g/mol. The van der Waals surface area contributed by atoms with E-state index in [2.05, 4.69) is 5.32 Å². The molecule has 0 atom stereocenters. The molecule has 0 aliphatic heterocycles. The first-order chi connectivity index (χ1) is 7.71. The highest BCUT2D eigenvalue weighted by Gasteiger charge is 2.23. The maximum Gasteiger partial charge on any atom is 0.219 e. The summed E-state index contributed by atoms with van der Waals surface area (Å²) in [4.78, 5) is 10.8. The topological polar surface area (TPSA) is 81.1 Å². The highest BCUT2D eigenvalue weighted by atomic mass is 19.1. The molecule has 0 radical (unpaired) electrons. The summed E-state index contributed by atoms with van der Waals surface area (Å²) in [5.41, 5.74) is 9.18. The Morgan fingerprint density at radius 2 is 1.82 bits per heavy atom. The molecule has 0 fully saturated rings. The number of nitrogen functional groups attached to an aromatic ring is 1. The first-order valence-electron chi connectivity index (χ1n) is 5.02. The fraction of sp³-hybridized carbons (Fsp3) is 0.364. The molecule has 94 valence electrons. The van der Waals surface area contributed by atoms with Gasteiger partial charge in [0.2, 0.25) is 5.91 Å². The van der Waals surface area contributed by atoms with Crippen LogP contribution in [0.5, 0.6) is 0 Å². The van der Waals surface area contributed by atoms with Crippen LogP contribution in [-0.4, -0.2) is 11.4 Å². The molecule has 0 bridgehead atoms. The van der Waals surface area contributed by atoms with Crippen molar-refractivity contribution < 1.29 is 13.6 Å². The van der Waals surface area contributed by atoms with Crippen molar-refractivity contribution in [3.8, 4) is 0 Å². The lowest BCUT2D eigenvalue weighted by Crippen LogP contribution is -2.36. The van der Waals surface area contributed by atoms with Crippen LogP contribution >= 0.6 is 0 Å². The van der Waals surface area contributed by atoms with Crippen LogP contribution in [0.2, 0.25) is 0 Å². The SMILES string of the molecule is CC(C)(CC(N)=O)Nc1c(F)cc(N)cc1F. The van der Waals surface area contributed by atoms with Crippen molar-refractivity contribution in [3.63, 3.8) is 0 Å². The Labute approximate surface area is 98.0 Å². The Hall–Kier alpha value is -1.85. The minimum Gasteiger partial charge on any atom is -0.399 e. The molecule has 1 aromatic rings. The molecule has 6 heteroatoms. The van der Waals surface area contributed by atoms with Crippen molar-refractivity contribution in [2.24, 2.45) is 5.73 Å². The first-order valence-corrected chi connectivity index (χ1v) is 5.02. The average molecular weight is 243 g/mol. The third-order valence-corrected chi connectivity index (χ3v) is 2.14. The molecule has 0 heterocycles. The number of rotatable bonds is 4. The Balaban J connectivity index is 2.99. The molecule has 0 aliphatic rings. The smallest absolute Gasteiger partial charge is 0.219 e. The molecule has 4 nitrogen and oxygen atoms in total. The fourth-order valence-corrected chi connectivity index (χ4v) is 1.53. The van der Waals surface area contributed by atoms with Crippen LogP contribution in [0, 0.1) is 11.6 Å². The van der Waals surface area contributed by atoms with Gasteiger partial charge in [-0.05, 0) is 26.0 Å². The predicted molar refractivity (Wildman–Crippen MR) is 62.3 cm³/mol. The number of hydrogen-bond donors (Lipinski definition) is 3. The third-order valence-electron chi connectivity index (χ3n) is 2.14. The van der Waals surface area contributed by atoms with E-state index in [1.807, 2.05) is 0 Å². The van der Waals surface area contributed by atoms with Crippen LogP contribution in [0.15, 0.2) is 12.1 Å². The summed E-state index contributed by atoms with van der Waals surface area (Å²) in [6, 6.07) is 2.01.